The average Bonchev–Trinajstić information content (AvgIpc) is 2.80. The molecule has 1 aliphatic rings. The molecule has 1 saturated carbocycles. The minimum absolute atomic E-state index is 0.120. The molecule has 0 bridgehead atoms. The van der Waals surface area contributed by atoms with E-state index >= 15 is 0 Å². The quantitative estimate of drug-likeness (QED) is 0.453. The SMILES string of the molecule is Cc1cc(OCC(=O)N(Cc2ccc(Br)cc2)[C@H](C)C(=O)NC2CCCCC2)cc(C)c1Cl. The highest BCUT2D eigenvalue weighted by Gasteiger charge is 2.28. The van der Waals surface area contributed by atoms with Crippen LogP contribution in [-0.4, -0.2) is 35.4 Å². The maximum atomic E-state index is 13.2. The number of nitrogens with one attached hydrogen (secondary N) is 1. The summed E-state index contributed by atoms with van der Waals surface area (Å²) in [5.41, 5.74) is 2.74. The summed E-state index contributed by atoms with van der Waals surface area (Å²) in [4.78, 5) is 27.9. The van der Waals surface area contributed by atoms with Gasteiger partial charge in [0.1, 0.15) is 11.8 Å². The van der Waals surface area contributed by atoms with Crippen molar-refractivity contribution < 1.29 is 14.3 Å². The molecule has 1 atom stereocenters. The van der Waals surface area contributed by atoms with E-state index in [0.29, 0.717) is 17.3 Å². The predicted octanol–water partition coefficient (Wildman–Crippen LogP) is 5.96. The second-order valence-electron chi connectivity index (χ2n) is 8.83. The molecular formula is C26H32BrClN2O3. The first-order valence-electron chi connectivity index (χ1n) is 11.5. The van der Waals surface area contributed by atoms with Crippen molar-refractivity contribution in [1.29, 1.82) is 0 Å². The molecule has 7 heteroatoms. The van der Waals surface area contributed by atoms with Crippen molar-refractivity contribution in [2.45, 2.75) is 71.5 Å². The van der Waals surface area contributed by atoms with Gasteiger partial charge < -0.3 is 15.0 Å². The molecule has 2 amide bonds. The fraction of sp³-hybridized carbons (Fsp3) is 0.462. The number of hydrogen-bond donors (Lipinski definition) is 1. The van der Waals surface area contributed by atoms with Crippen LogP contribution in [-0.2, 0) is 16.1 Å². The zero-order valence-electron chi connectivity index (χ0n) is 19.5. The van der Waals surface area contributed by atoms with Gasteiger partial charge in [-0.2, -0.15) is 0 Å². The second-order valence-corrected chi connectivity index (χ2v) is 10.1. The van der Waals surface area contributed by atoms with Crippen LogP contribution in [0.2, 0.25) is 5.02 Å². The Balaban J connectivity index is 1.72. The van der Waals surface area contributed by atoms with Gasteiger partial charge in [0.05, 0.1) is 0 Å². The van der Waals surface area contributed by atoms with Gasteiger partial charge in [-0.3, -0.25) is 9.59 Å². The van der Waals surface area contributed by atoms with Crippen molar-refractivity contribution >= 4 is 39.3 Å². The van der Waals surface area contributed by atoms with Crippen molar-refractivity contribution in [1.82, 2.24) is 10.2 Å². The molecule has 33 heavy (non-hydrogen) atoms. The van der Waals surface area contributed by atoms with Crippen LogP contribution >= 0.6 is 27.5 Å². The zero-order chi connectivity index (χ0) is 24.0. The first-order valence-corrected chi connectivity index (χ1v) is 12.7. The number of hydrogen-bond acceptors (Lipinski definition) is 3. The monoisotopic (exact) mass is 534 g/mol. The van der Waals surface area contributed by atoms with E-state index < -0.39 is 6.04 Å². The van der Waals surface area contributed by atoms with E-state index in [9.17, 15) is 9.59 Å². The lowest BCUT2D eigenvalue weighted by Crippen LogP contribution is -2.51. The van der Waals surface area contributed by atoms with Crippen LogP contribution in [0, 0.1) is 13.8 Å². The molecule has 1 N–H and O–H groups in total. The Labute approximate surface area is 210 Å². The first-order chi connectivity index (χ1) is 15.7. The Kier molecular flexibility index (Phi) is 9.21. The summed E-state index contributed by atoms with van der Waals surface area (Å²) in [6.45, 7) is 5.76. The highest BCUT2D eigenvalue weighted by molar-refractivity contribution is 9.10. The number of amides is 2. The molecule has 2 aromatic carbocycles. The number of aryl methyl sites for hydroxylation is 2. The minimum atomic E-state index is -0.611. The zero-order valence-corrected chi connectivity index (χ0v) is 21.8. The van der Waals surface area contributed by atoms with E-state index in [1.165, 1.54) is 6.42 Å². The van der Waals surface area contributed by atoms with Crippen molar-refractivity contribution in [2.75, 3.05) is 6.61 Å². The predicted molar refractivity (Wildman–Crippen MR) is 136 cm³/mol. The van der Waals surface area contributed by atoms with Crippen molar-refractivity contribution in [3.05, 3.63) is 62.6 Å². The van der Waals surface area contributed by atoms with Gasteiger partial charge in [0.2, 0.25) is 5.91 Å². The number of carbonyl (C=O) groups is 2. The topological polar surface area (TPSA) is 58.6 Å². The molecule has 0 radical (unpaired) electrons. The summed E-state index contributed by atoms with van der Waals surface area (Å²) in [5, 5.41) is 3.84. The molecule has 0 saturated heterocycles. The van der Waals surface area contributed by atoms with Gasteiger partial charge in [0, 0.05) is 22.1 Å². The van der Waals surface area contributed by atoms with E-state index in [2.05, 4.69) is 21.2 Å². The van der Waals surface area contributed by atoms with Crippen LogP contribution in [0.1, 0.15) is 55.7 Å². The second kappa shape index (κ2) is 11.9. The van der Waals surface area contributed by atoms with E-state index in [-0.39, 0.29) is 24.5 Å². The number of nitrogens with zero attached hydrogens (tertiary/aromatic N) is 1. The largest absolute Gasteiger partial charge is 0.484 e. The molecule has 0 heterocycles. The van der Waals surface area contributed by atoms with E-state index in [1.54, 1.807) is 11.8 Å². The fourth-order valence-corrected chi connectivity index (χ4v) is 4.53. The molecule has 178 valence electrons. The third kappa shape index (κ3) is 7.21. The van der Waals surface area contributed by atoms with E-state index in [0.717, 1.165) is 46.8 Å². The highest BCUT2D eigenvalue weighted by Crippen LogP contribution is 2.26. The molecule has 0 spiro atoms. The van der Waals surface area contributed by atoms with E-state index in [1.807, 2.05) is 50.2 Å². The van der Waals surface area contributed by atoms with Crippen LogP contribution in [0.4, 0.5) is 0 Å². The summed E-state index contributed by atoms with van der Waals surface area (Å²) in [7, 11) is 0. The van der Waals surface area contributed by atoms with Crippen LogP contribution < -0.4 is 10.1 Å². The van der Waals surface area contributed by atoms with Crippen molar-refractivity contribution in [2.24, 2.45) is 0 Å². The number of benzene rings is 2. The van der Waals surface area contributed by atoms with Crippen LogP contribution in [0.25, 0.3) is 0 Å². The molecule has 5 nitrogen and oxygen atoms in total. The minimum Gasteiger partial charge on any atom is -0.484 e. The van der Waals surface area contributed by atoms with E-state index in [4.69, 9.17) is 16.3 Å². The number of rotatable bonds is 8. The van der Waals surface area contributed by atoms with Crippen LogP contribution in [0.15, 0.2) is 40.9 Å². The first kappa shape index (κ1) is 25.6. The van der Waals surface area contributed by atoms with Gasteiger partial charge in [0.25, 0.3) is 5.91 Å². The van der Waals surface area contributed by atoms with Gasteiger partial charge in [-0.05, 0) is 74.6 Å². The summed E-state index contributed by atoms with van der Waals surface area (Å²) in [6, 6.07) is 11.0. The van der Waals surface area contributed by atoms with Crippen molar-refractivity contribution in [3.63, 3.8) is 0 Å². The molecule has 1 fully saturated rings. The average molecular weight is 536 g/mol. The number of halogens is 2. The maximum Gasteiger partial charge on any atom is 0.261 e. The number of ether oxygens (including phenoxy) is 1. The molecule has 0 aromatic heterocycles. The molecule has 0 aliphatic heterocycles. The van der Waals surface area contributed by atoms with Gasteiger partial charge in [0.15, 0.2) is 6.61 Å². The molecular weight excluding hydrogens is 504 g/mol. The van der Waals surface area contributed by atoms with Gasteiger partial charge in [-0.15, -0.1) is 0 Å². The van der Waals surface area contributed by atoms with Crippen molar-refractivity contribution in [3.8, 4) is 5.75 Å². The third-order valence-electron chi connectivity index (χ3n) is 6.16. The lowest BCUT2D eigenvalue weighted by atomic mass is 9.95. The lowest BCUT2D eigenvalue weighted by Gasteiger charge is -2.31. The Morgan fingerprint density at radius 1 is 1.12 bits per heavy atom. The Morgan fingerprint density at radius 2 is 1.73 bits per heavy atom. The summed E-state index contributed by atoms with van der Waals surface area (Å²) in [5.74, 6) is 0.227. The lowest BCUT2D eigenvalue weighted by molar-refractivity contribution is -0.142. The molecule has 0 unspecified atom stereocenters. The van der Waals surface area contributed by atoms with Crippen LogP contribution in [0.3, 0.4) is 0 Å². The molecule has 2 aromatic rings. The highest BCUT2D eigenvalue weighted by atomic mass is 79.9. The molecule has 3 rings (SSSR count). The third-order valence-corrected chi connectivity index (χ3v) is 7.28. The summed E-state index contributed by atoms with van der Waals surface area (Å²) >= 11 is 9.68. The van der Waals surface area contributed by atoms with Gasteiger partial charge in [-0.25, -0.2) is 0 Å². The molecule has 1 aliphatic carbocycles. The number of carbonyl (C=O) groups excluding carboxylic acids is 2. The van der Waals surface area contributed by atoms with Gasteiger partial charge >= 0.3 is 0 Å². The smallest absolute Gasteiger partial charge is 0.261 e. The van der Waals surface area contributed by atoms with Crippen LogP contribution in [0.5, 0.6) is 5.75 Å². The van der Waals surface area contributed by atoms with Gasteiger partial charge in [-0.1, -0.05) is 58.9 Å². The summed E-state index contributed by atoms with van der Waals surface area (Å²) < 4.78 is 6.78. The fourth-order valence-electron chi connectivity index (χ4n) is 4.16. The Hall–Kier alpha value is -2.05. The standard InChI is InChI=1S/C26H32BrClN2O3/c1-17-13-23(14-18(2)25(17)28)33-16-24(31)30(15-20-9-11-21(27)12-10-20)19(3)26(32)29-22-7-5-4-6-8-22/h9-14,19,22H,4-8,15-16H2,1-3H3,(H,29,32)/t19-/m1/s1. The maximum absolute atomic E-state index is 13.2. The Bertz CT molecular complexity index is 951. The Morgan fingerprint density at radius 3 is 2.33 bits per heavy atom. The summed E-state index contributed by atoms with van der Waals surface area (Å²) in [6.07, 6.45) is 5.48. The normalized spacial score (nSPS) is 15.1.